The summed E-state index contributed by atoms with van der Waals surface area (Å²) in [6.07, 6.45) is 10.3. The van der Waals surface area contributed by atoms with Crippen LogP contribution in [-0.2, 0) is 7.05 Å². The zero-order chi connectivity index (χ0) is 15.6. The van der Waals surface area contributed by atoms with Gasteiger partial charge in [0.1, 0.15) is 0 Å². The molecule has 6 heteroatoms. The van der Waals surface area contributed by atoms with Crippen LogP contribution in [0.2, 0.25) is 0 Å². The number of aryl methyl sites for hydroxylation is 1. The van der Waals surface area contributed by atoms with E-state index in [-0.39, 0.29) is 12.1 Å². The van der Waals surface area contributed by atoms with Gasteiger partial charge in [-0.3, -0.25) is 4.68 Å². The van der Waals surface area contributed by atoms with E-state index in [2.05, 4.69) is 22.2 Å². The molecule has 22 heavy (non-hydrogen) atoms. The summed E-state index contributed by atoms with van der Waals surface area (Å²) in [5.74, 6) is 1.06. The average molecular weight is 322 g/mol. The van der Waals surface area contributed by atoms with Crippen molar-refractivity contribution in [2.75, 3.05) is 18.8 Å². The van der Waals surface area contributed by atoms with Crippen molar-refractivity contribution in [2.45, 2.75) is 49.8 Å². The van der Waals surface area contributed by atoms with E-state index < -0.39 is 0 Å². The van der Waals surface area contributed by atoms with Gasteiger partial charge in [-0.25, -0.2) is 4.79 Å². The maximum atomic E-state index is 12.6. The van der Waals surface area contributed by atoms with Gasteiger partial charge in [0.25, 0.3) is 0 Å². The average Bonchev–Trinajstić information content (AvgIpc) is 2.95. The second-order valence-electron chi connectivity index (χ2n) is 6.63. The second-order valence-corrected chi connectivity index (χ2v) is 8.20. The highest BCUT2D eigenvalue weighted by atomic mass is 32.2. The number of carbonyl (C=O) groups is 1. The SMILES string of the molecule is C[C@H](NC(=O)N1CCSC2(CCCCC2)C1)c1cnn(C)c1. The number of nitrogens with zero attached hydrogens (tertiary/aromatic N) is 3. The van der Waals surface area contributed by atoms with Crippen molar-refractivity contribution in [2.24, 2.45) is 7.05 Å². The molecule has 0 bridgehead atoms. The molecular formula is C16H26N4OS. The second kappa shape index (κ2) is 6.52. The molecule has 0 radical (unpaired) electrons. The third kappa shape index (κ3) is 3.42. The highest BCUT2D eigenvalue weighted by Gasteiger charge is 2.38. The lowest BCUT2D eigenvalue weighted by molar-refractivity contribution is 0.182. The Morgan fingerprint density at radius 3 is 2.86 bits per heavy atom. The van der Waals surface area contributed by atoms with Crippen molar-refractivity contribution in [3.05, 3.63) is 18.0 Å². The van der Waals surface area contributed by atoms with Crippen LogP contribution in [0.3, 0.4) is 0 Å². The van der Waals surface area contributed by atoms with Gasteiger partial charge in [0, 0.05) is 42.4 Å². The molecule has 2 fully saturated rings. The summed E-state index contributed by atoms with van der Waals surface area (Å²) in [4.78, 5) is 14.6. The predicted molar refractivity (Wildman–Crippen MR) is 90.0 cm³/mol. The van der Waals surface area contributed by atoms with Crippen LogP contribution >= 0.6 is 11.8 Å². The van der Waals surface area contributed by atoms with Gasteiger partial charge < -0.3 is 10.2 Å². The molecule has 2 aliphatic rings. The third-order valence-corrected chi connectivity index (χ3v) is 6.40. The number of hydrogen-bond acceptors (Lipinski definition) is 3. The monoisotopic (exact) mass is 322 g/mol. The maximum absolute atomic E-state index is 12.6. The molecule has 1 spiro atoms. The molecule has 1 saturated heterocycles. The number of thioether (sulfide) groups is 1. The zero-order valence-corrected chi connectivity index (χ0v) is 14.4. The van der Waals surface area contributed by atoms with Gasteiger partial charge in [-0.2, -0.15) is 16.9 Å². The molecule has 1 aliphatic carbocycles. The van der Waals surface area contributed by atoms with Crippen molar-refractivity contribution in [1.29, 1.82) is 0 Å². The van der Waals surface area contributed by atoms with Crippen LogP contribution in [0.15, 0.2) is 12.4 Å². The predicted octanol–water partition coefficient (Wildman–Crippen LogP) is 2.94. The number of aromatic nitrogens is 2. The van der Waals surface area contributed by atoms with Crippen molar-refractivity contribution >= 4 is 17.8 Å². The summed E-state index contributed by atoms with van der Waals surface area (Å²) in [5, 5.41) is 7.30. The van der Waals surface area contributed by atoms with Gasteiger partial charge in [-0.05, 0) is 19.8 Å². The van der Waals surface area contributed by atoms with E-state index in [0.717, 1.165) is 24.4 Å². The summed E-state index contributed by atoms with van der Waals surface area (Å²) >= 11 is 2.09. The minimum atomic E-state index is -0.00177. The molecular weight excluding hydrogens is 296 g/mol. The topological polar surface area (TPSA) is 50.2 Å². The van der Waals surface area contributed by atoms with Gasteiger partial charge >= 0.3 is 6.03 Å². The molecule has 1 atom stereocenters. The van der Waals surface area contributed by atoms with Gasteiger partial charge in [0.2, 0.25) is 0 Å². The number of nitrogens with one attached hydrogen (secondary N) is 1. The Hall–Kier alpha value is -1.17. The molecule has 1 saturated carbocycles. The first-order valence-corrected chi connectivity index (χ1v) is 9.24. The fourth-order valence-electron chi connectivity index (χ4n) is 3.54. The smallest absolute Gasteiger partial charge is 0.317 e. The van der Waals surface area contributed by atoms with Gasteiger partial charge in [-0.1, -0.05) is 19.3 Å². The van der Waals surface area contributed by atoms with Gasteiger partial charge in [0.05, 0.1) is 12.2 Å². The lowest BCUT2D eigenvalue weighted by Crippen LogP contribution is -2.53. The molecule has 1 N–H and O–H groups in total. The third-order valence-electron chi connectivity index (χ3n) is 4.87. The van der Waals surface area contributed by atoms with E-state index in [1.54, 1.807) is 4.68 Å². The highest BCUT2D eigenvalue weighted by Crippen LogP contribution is 2.42. The van der Waals surface area contributed by atoms with Crippen molar-refractivity contribution in [1.82, 2.24) is 20.0 Å². The first-order valence-electron chi connectivity index (χ1n) is 8.26. The van der Waals surface area contributed by atoms with Crippen LogP contribution in [0, 0.1) is 0 Å². The standard InChI is InChI=1S/C16H26N4OS/c1-13(14-10-17-19(2)11-14)18-15(21)20-8-9-22-16(12-20)6-4-3-5-7-16/h10-11,13H,3-9,12H2,1-2H3,(H,18,21)/t13-/m0/s1. The molecule has 3 rings (SSSR count). The van der Waals surface area contributed by atoms with Crippen LogP contribution in [0.5, 0.6) is 0 Å². The van der Waals surface area contributed by atoms with Crippen LogP contribution < -0.4 is 5.32 Å². The van der Waals surface area contributed by atoms with Crippen LogP contribution in [0.4, 0.5) is 4.79 Å². The largest absolute Gasteiger partial charge is 0.331 e. The number of urea groups is 1. The highest BCUT2D eigenvalue weighted by molar-refractivity contribution is 8.00. The number of rotatable bonds is 2. The molecule has 5 nitrogen and oxygen atoms in total. The fraction of sp³-hybridized carbons (Fsp3) is 0.750. The molecule has 2 amide bonds. The van der Waals surface area contributed by atoms with Gasteiger partial charge in [-0.15, -0.1) is 0 Å². The summed E-state index contributed by atoms with van der Waals surface area (Å²) < 4.78 is 2.10. The lowest BCUT2D eigenvalue weighted by atomic mass is 9.87. The van der Waals surface area contributed by atoms with Crippen molar-refractivity contribution < 1.29 is 4.79 Å². The number of carbonyl (C=O) groups excluding carboxylic acids is 1. The van der Waals surface area contributed by atoms with Crippen molar-refractivity contribution in [3.8, 4) is 0 Å². The molecule has 0 unspecified atom stereocenters. The summed E-state index contributed by atoms with van der Waals surface area (Å²) in [7, 11) is 1.90. The first-order chi connectivity index (χ1) is 10.6. The Kier molecular flexibility index (Phi) is 4.66. The van der Waals surface area contributed by atoms with E-state index in [1.807, 2.05) is 31.3 Å². The minimum absolute atomic E-state index is 0.00177. The molecule has 122 valence electrons. The molecule has 0 aromatic carbocycles. The zero-order valence-electron chi connectivity index (χ0n) is 13.5. The van der Waals surface area contributed by atoms with E-state index in [1.165, 1.54) is 32.1 Å². The van der Waals surface area contributed by atoms with E-state index >= 15 is 0 Å². The first kappa shape index (κ1) is 15.7. The fourth-order valence-corrected chi connectivity index (χ4v) is 5.11. The summed E-state index contributed by atoms with van der Waals surface area (Å²) in [6.45, 7) is 3.78. The Morgan fingerprint density at radius 1 is 1.41 bits per heavy atom. The molecule has 1 aromatic heterocycles. The van der Waals surface area contributed by atoms with Crippen LogP contribution in [0.25, 0.3) is 0 Å². The Labute approximate surface area is 136 Å². The van der Waals surface area contributed by atoms with Crippen LogP contribution in [-0.4, -0.2) is 44.3 Å². The Morgan fingerprint density at radius 2 is 2.18 bits per heavy atom. The molecule has 2 heterocycles. The van der Waals surface area contributed by atoms with E-state index in [9.17, 15) is 4.79 Å². The van der Waals surface area contributed by atoms with Crippen molar-refractivity contribution in [3.63, 3.8) is 0 Å². The normalized spacial score (nSPS) is 22.5. The van der Waals surface area contributed by atoms with Crippen LogP contribution in [0.1, 0.15) is 50.6 Å². The number of amides is 2. The summed E-state index contributed by atoms with van der Waals surface area (Å²) in [6, 6.07) is 0.0692. The Bertz CT molecular complexity index is 518. The van der Waals surface area contributed by atoms with E-state index in [0.29, 0.717) is 4.75 Å². The van der Waals surface area contributed by atoms with Gasteiger partial charge in [0.15, 0.2) is 0 Å². The number of hydrogen-bond donors (Lipinski definition) is 1. The molecule has 1 aromatic rings. The maximum Gasteiger partial charge on any atom is 0.317 e. The Balaban J connectivity index is 1.59. The lowest BCUT2D eigenvalue weighted by Gasteiger charge is -2.44. The minimum Gasteiger partial charge on any atom is -0.331 e. The molecule has 1 aliphatic heterocycles. The quantitative estimate of drug-likeness (QED) is 0.911. The summed E-state index contributed by atoms with van der Waals surface area (Å²) in [5.41, 5.74) is 1.05. The van der Waals surface area contributed by atoms with E-state index in [4.69, 9.17) is 0 Å².